The summed E-state index contributed by atoms with van der Waals surface area (Å²) in [6, 6.07) is 13.7. The fourth-order valence-electron chi connectivity index (χ4n) is 4.87. The summed E-state index contributed by atoms with van der Waals surface area (Å²) in [5, 5.41) is 0. The lowest BCUT2D eigenvalue weighted by molar-refractivity contribution is -0.137. The molecule has 3 heterocycles. The largest absolute Gasteiger partial charge is 0.379 e. The van der Waals surface area contributed by atoms with E-state index in [2.05, 4.69) is 4.90 Å². The monoisotopic (exact) mass is 453 g/mol. The van der Waals surface area contributed by atoms with Crippen LogP contribution in [-0.2, 0) is 20.8 Å². The zero-order valence-corrected chi connectivity index (χ0v) is 18.5. The topological polar surface area (TPSA) is 62.3 Å². The number of carbonyl (C=O) groups is 2. The molecule has 2 amide bonds. The van der Waals surface area contributed by atoms with Gasteiger partial charge in [-0.15, -0.1) is 0 Å². The third-order valence-corrected chi connectivity index (χ3v) is 6.74. The minimum atomic E-state index is -0.614. The van der Waals surface area contributed by atoms with Crippen LogP contribution in [0, 0.1) is 5.82 Å². The lowest BCUT2D eigenvalue weighted by Gasteiger charge is -2.40. The van der Waals surface area contributed by atoms with Gasteiger partial charge >= 0.3 is 0 Å². The van der Waals surface area contributed by atoms with E-state index in [0.29, 0.717) is 57.1 Å². The summed E-state index contributed by atoms with van der Waals surface area (Å²) in [5.41, 5.74) is 1.75. The van der Waals surface area contributed by atoms with E-state index < -0.39 is 5.60 Å². The van der Waals surface area contributed by atoms with Gasteiger partial charge in [0, 0.05) is 37.4 Å². The van der Waals surface area contributed by atoms with E-state index in [4.69, 9.17) is 9.47 Å². The summed E-state index contributed by atoms with van der Waals surface area (Å²) in [7, 11) is 0. The Labute approximate surface area is 192 Å². The quantitative estimate of drug-likeness (QED) is 0.711. The first-order valence-electron chi connectivity index (χ1n) is 11.4. The van der Waals surface area contributed by atoms with Gasteiger partial charge in [0.05, 0.1) is 26.3 Å². The Bertz CT molecular complexity index is 1020. The summed E-state index contributed by atoms with van der Waals surface area (Å²) in [6.45, 7) is 5.14. The van der Waals surface area contributed by atoms with Crippen molar-refractivity contribution in [2.45, 2.75) is 18.6 Å². The van der Waals surface area contributed by atoms with Crippen molar-refractivity contribution in [1.29, 1.82) is 0 Å². The molecule has 0 radical (unpaired) electrons. The molecule has 2 aromatic rings. The normalized spacial score (nSPS) is 24.0. The molecular formula is C25H28FN3O4. The zero-order valence-electron chi connectivity index (χ0n) is 18.5. The Morgan fingerprint density at radius 2 is 1.76 bits per heavy atom. The predicted octanol–water partition coefficient (Wildman–Crippen LogP) is 2.31. The summed E-state index contributed by atoms with van der Waals surface area (Å²) in [4.78, 5) is 31.8. The summed E-state index contributed by atoms with van der Waals surface area (Å²) >= 11 is 0. The van der Waals surface area contributed by atoms with Gasteiger partial charge in [-0.2, -0.15) is 0 Å². The molecule has 3 aliphatic rings. The maximum atomic E-state index is 13.5. The van der Waals surface area contributed by atoms with Gasteiger partial charge < -0.3 is 19.3 Å². The van der Waals surface area contributed by atoms with Crippen LogP contribution in [0.2, 0.25) is 0 Å². The van der Waals surface area contributed by atoms with Gasteiger partial charge in [0.15, 0.2) is 0 Å². The molecule has 3 aliphatic heterocycles. The van der Waals surface area contributed by atoms with E-state index in [1.165, 1.54) is 12.1 Å². The highest BCUT2D eigenvalue weighted by atomic mass is 19.1. The Morgan fingerprint density at radius 1 is 1.00 bits per heavy atom. The molecule has 1 atom stereocenters. The molecule has 0 aliphatic carbocycles. The molecule has 33 heavy (non-hydrogen) atoms. The lowest BCUT2D eigenvalue weighted by Crippen LogP contribution is -2.56. The molecule has 2 aromatic carbocycles. The van der Waals surface area contributed by atoms with Crippen molar-refractivity contribution in [1.82, 2.24) is 9.80 Å². The van der Waals surface area contributed by atoms with Crippen LogP contribution < -0.4 is 4.90 Å². The number of halogens is 1. The number of hydrogen-bond acceptors (Lipinski definition) is 5. The van der Waals surface area contributed by atoms with Gasteiger partial charge in [-0.3, -0.25) is 14.5 Å². The van der Waals surface area contributed by atoms with Crippen LogP contribution in [0.15, 0.2) is 48.5 Å². The third-order valence-electron chi connectivity index (χ3n) is 6.74. The standard InChI is InChI=1S/C25H28FN3O4/c26-20-5-7-21(8-6-20)29-18-25(33-16-23(29)30)9-10-28(17-25)24(31)22-4-2-1-3-19(22)15-27-11-13-32-14-12-27/h1-8H,9-18H2/t25-/m1/s1. The molecule has 7 nitrogen and oxygen atoms in total. The van der Waals surface area contributed by atoms with Crippen molar-refractivity contribution in [3.63, 3.8) is 0 Å². The van der Waals surface area contributed by atoms with Crippen LogP contribution in [0.25, 0.3) is 0 Å². The van der Waals surface area contributed by atoms with Crippen LogP contribution in [0.5, 0.6) is 0 Å². The number of nitrogens with zero attached hydrogens (tertiary/aromatic N) is 3. The van der Waals surface area contributed by atoms with Gasteiger partial charge in [-0.25, -0.2) is 4.39 Å². The number of amides is 2. The van der Waals surface area contributed by atoms with Crippen LogP contribution in [-0.4, -0.2) is 79.8 Å². The number of likely N-dealkylation sites (tertiary alicyclic amines) is 1. The molecule has 0 N–H and O–H groups in total. The van der Waals surface area contributed by atoms with Gasteiger partial charge in [-0.05, 0) is 42.3 Å². The second kappa shape index (κ2) is 9.21. The van der Waals surface area contributed by atoms with E-state index in [9.17, 15) is 14.0 Å². The number of morpholine rings is 2. The third kappa shape index (κ3) is 4.64. The maximum absolute atomic E-state index is 13.5. The van der Waals surface area contributed by atoms with Crippen LogP contribution in [0.1, 0.15) is 22.3 Å². The van der Waals surface area contributed by atoms with Crippen LogP contribution in [0.3, 0.4) is 0 Å². The number of benzene rings is 2. The molecule has 3 fully saturated rings. The van der Waals surface area contributed by atoms with E-state index in [0.717, 1.165) is 18.7 Å². The Kier molecular flexibility index (Phi) is 6.14. The minimum Gasteiger partial charge on any atom is -0.379 e. The number of hydrogen-bond donors (Lipinski definition) is 0. The summed E-state index contributed by atoms with van der Waals surface area (Å²) < 4.78 is 24.8. The van der Waals surface area contributed by atoms with Gasteiger partial charge in [0.2, 0.25) is 0 Å². The number of carbonyl (C=O) groups excluding carboxylic acids is 2. The van der Waals surface area contributed by atoms with Crippen molar-refractivity contribution in [2.75, 3.05) is 57.4 Å². The predicted molar refractivity (Wildman–Crippen MR) is 120 cm³/mol. The molecule has 1 spiro atoms. The van der Waals surface area contributed by atoms with Crippen molar-refractivity contribution in [3.05, 3.63) is 65.5 Å². The number of rotatable bonds is 4. The average molecular weight is 454 g/mol. The molecule has 0 unspecified atom stereocenters. The van der Waals surface area contributed by atoms with Gasteiger partial charge in [-0.1, -0.05) is 18.2 Å². The minimum absolute atomic E-state index is 0.00966. The molecule has 8 heteroatoms. The van der Waals surface area contributed by atoms with Crippen LogP contribution in [0.4, 0.5) is 10.1 Å². The molecule has 0 bridgehead atoms. The second-order valence-electron chi connectivity index (χ2n) is 8.95. The first-order chi connectivity index (χ1) is 16.0. The van der Waals surface area contributed by atoms with E-state index in [1.54, 1.807) is 17.0 Å². The van der Waals surface area contributed by atoms with Gasteiger partial charge in [0.25, 0.3) is 11.8 Å². The SMILES string of the molecule is O=C(c1ccccc1CN1CCOCC1)N1CC[C@@]2(C1)CN(c1ccc(F)cc1)C(=O)CO2. The molecule has 174 valence electrons. The molecule has 5 rings (SSSR count). The number of ether oxygens (including phenoxy) is 2. The van der Waals surface area contributed by atoms with Crippen molar-refractivity contribution in [3.8, 4) is 0 Å². The Hall–Kier alpha value is -2.81. The highest BCUT2D eigenvalue weighted by Crippen LogP contribution is 2.33. The second-order valence-corrected chi connectivity index (χ2v) is 8.95. The molecule has 0 saturated carbocycles. The smallest absolute Gasteiger partial charge is 0.254 e. The van der Waals surface area contributed by atoms with E-state index in [-0.39, 0.29) is 24.2 Å². The first-order valence-corrected chi connectivity index (χ1v) is 11.4. The Balaban J connectivity index is 1.30. The zero-order chi connectivity index (χ0) is 22.8. The molecule has 3 saturated heterocycles. The summed E-state index contributed by atoms with van der Waals surface area (Å²) in [6.07, 6.45) is 0.648. The first kappa shape index (κ1) is 22.0. The van der Waals surface area contributed by atoms with Crippen molar-refractivity contribution < 1.29 is 23.5 Å². The Morgan fingerprint density at radius 3 is 2.55 bits per heavy atom. The van der Waals surface area contributed by atoms with E-state index >= 15 is 0 Å². The molecular weight excluding hydrogens is 425 g/mol. The highest BCUT2D eigenvalue weighted by molar-refractivity contribution is 5.97. The summed E-state index contributed by atoms with van der Waals surface area (Å²) in [5.74, 6) is -0.514. The number of anilines is 1. The van der Waals surface area contributed by atoms with Gasteiger partial charge in [0.1, 0.15) is 18.0 Å². The highest BCUT2D eigenvalue weighted by Gasteiger charge is 2.47. The van der Waals surface area contributed by atoms with Crippen molar-refractivity contribution in [2.24, 2.45) is 0 Å². The average Bonchev–Trinajstić information content (AvgIpc) is 3.26. The van der Waals surface area contributed by atoms with Crippen LogP contribution >= 0.6 is 0 Å². The van der Waals surface area contributed by atoms with Crippen molar-refractivity contribution >= 4 is 17.5 Å². The maximum Gasteiger partial charge on any atom is 0.254 e. The fraction of sp³-hybridized carbons (Fsp3) is 0.440. The fourth-order valence-corrected chi connectivity index (χ4v) is 4.87. The van der Waals surface area contributed by atoms with E-state index in [1.807, 2.05) is 29.2 Å². The lowest BCUT2D eigenvalue weighted by atomic mass is 9.99. The molecule has 0 aromatic heterocycles.